The second kappa shape index (κ2) is 11.3. The van der Waals surface area contributed by atoms with Crippen LogP contribution >= 0.6 is 0 Å². The molecule has 0 saturated carbocycles. The molecule has 0 bridgehead atoms. The third-order valence-corrected chi connectivity index (χ3v) is 9.07. The van der Waals surface area contributed by atoms with Crippen LogP contribution in [-0.2, 0) is 5.41 Å². The van der Waals surface area contributed by atoms with E-state index >= 15 is 0 Å². The first-order chi connectivity index (χ1) is 22.0. The van der Waals surface area contributed by atoms with Crippen LogP contribution in [0.25, 0.3) is 11.1 Å². The van der Waals surface area contributed by atoms with Gasteiger partial charge in [0.2, 0.25) is 0 Å². The van der Waals surface area contributed by atoms with E-state index in [9.17, 15) is 10.5 Å². The number of hydrogen-bond donors (Lipinski definition) is 0. The predicted molar refractivity (Wildman–Crippen MR) is 176 cm³/mol. The molecule has 2 aliphatic carbocycles. The molecule has 0 fully saturated rings. The van der Waals surface area contributed by atoms with E-state index in [1.54, 1.807) is 0 Å². The van der Waals surface area contributed by atoms with Gasteiger partial charge in [0.15, 0.2) is 0 Å². The van der Waals surface area contributed by atoms with Gasteiger partial charge in [0, 0.05) is 0 Å². The van der Waals surface area contributed by atoms with E-state index in [-0.39, 0.29) is 5.92 Å². The Morgan fingerprint density at radius 1 is 0.644 bits per heavy atom. The molecule has 45 heavy (non-hydrogen) atoms. The lowest BCUT2D eigenvalue weighted by atomic mass is 9.62. The average Bonchev–Trinajstić information content (AvgIpc) is 3.37. The number of allylic oxidation sites excluding steroid dienone is 3. The number of fused-ring (bicyclic) bond motifs is 3. The number of nitrogens with zero attached hydrogens (tertiary/aromatic N) is 2. The molecule has 0 aliphatic heterocycles. The first-order valence-electron chi connectivity index (χ1n) is 15.1. The third-order valence-electron chi connectivity index (χ3n) is 9.07. The Balaban J connectivity index is 1.30. The summed E-state index contributed by atoms with van der Waals surface area (Å²) in [7, 11) is 0. The van der Waals surface area contributed by atoms with Gasteiger partial charge in [-0.2, -0.15) is 10.5 Å². The minimum Gasteiger partial charge on any atom is -0.456 e. The summed E-state index contributed by atoms with van der Waals surface area (Å²) in [5, 5.41) is 19.4. The van der Waals surface area contributed by atoms with Crippen molar-refractivity contribution in [2.75, 3.05) is 0 Å². The number of aryl methyl sites for hydroxylation is 2. The molecule has 0 radical (unpaired) electrons. The third kappa shape index (κ3) is 4.60. The van der Waals surface area contributed by atoms with Gasteiger partial charge in [-0.15, -0.1) is 0 Å². The molecule has 4 heteroatoms. The average molecular weight is 583 g/mol. The van der Waals surface area contributed by atoms with Crippen molar-refractivity contribution < 1.29 is 9.47 Å². The van der Waals surface area contributed by atoms with Crippen LogP contribution in [0.15, 0.2) is 133 Å². The Morgan fingerprint density at radius 2 is 1.20 bits per heavy atom. The summed E-state index contributed by atoms with van der Waals surface area (Å²) in [5.41, 5.74) is 8.60. The van der Waals surface area contributed by atoms with Gasteiger partial charge >= 0.3 is 0 Å². The Kier molecular flexibility index (Phi) is 7.05. The zero-order chi connectivity index (χ0) is 31.0. The number of hydrogen-bond acceptors (Lipinski definition) is 4. The monoisotopic (exact) mass is 582 g/mol. The van der Waals surface area contributed by atoms with Crippen LogP contribution in [-0.4, -0.2) is 0 Å². The maximum Gasteiger partial charge on any atom is 0.145 e. The van der Waals surface area contributed by atoms with Crippen molar-refractivity contribution in [1.82, 2.24) is 0 Å². The van der Waals surface area contributed by atoms with Crippen LogP contribution in [0.1, 0.15) is 45.4 Å². The lowest BCUT2D eigenvalue weighted by molar-refractivity contribution is 0.409. The van der Waals surface area contributed by atoms with Gasteiger partial charge in [-0.1, -0.05) is 91.0 Å². The topological polar surface area (TPSA) is 66.0 Å². The van der Waals surface area contributed by atoms with E-state index in [0.717, 1.165) is 28.9 Å². The van der Waals surface area contributed by atoms with Gasteiger partial charge < -0.3 is 9.47 Å². The van der Waals surface area contributed by atoms with Gasteiger partial charge in [0.05, 0.1) is 16.5 Å². The molecular weight excluding hydrogens is 552 g/mol. The van der Waals surface area contributed by atoms with Gasteiger partial charge in [0.1, 0.15) is 35.1 Å². The highest BCUT2D eigenvalue weighted by Gasteiger charge is 2.49. The highest BCUT2D eigenvalue weighted by molar-refractivity contribution is 5.84. The number of rotatable bonds is 6. The Hall–Kier alpha value is -5.84. The first-order valence-corrected chi connectivity index (χ1v) is 15.1. The van der Waals surface area contributed by atoms with Gasteiger partial charge in [0.25, 0.3) is 0 Å². The lowest BCUT2D eigenvalue weighted by Gasteiger charge is -2.40. The highest BCUT2D eigenvalue weighted by Crippen LogP contribution is 2.58. The van der Waals surface area contributed by atoms with Crippen LogP contribution in [0.4, 0.5) is 0 Å². The highest BCUT2D eigenvalue weighted by atomic mass is 16.5. The Bertz CT molecular complexity index is 2040. The minimum atomic E-state index is -0.452. The van der Waals surface area contributed by atoms with Crippen LogP contribution in [0.2, 0.25) is 0 Å². The van der Waals surface area contributed by atoms with Gasteiger partial charge in [-0.3, -0.25) is 0 Å². The van der Waals surface area contributed by atoms with Crippen molar-refractivity contribution >= 4 is 0 Å². The lowest BCUT2D eigenvalue weighted by Crippen LogP contribution is -2.35. The molecule has 4 nitrogen and oxygen atoms in total. The summed E-state index contributed by atoms with van der Waals surface area (Å²) in [4.78, 5) is 0. The summed E-state index contributed by atoms with van der Waals surface area (Å²) in [6.07, 6.45) is 7.18. The van der Waals surface area contributed by atoms with Gasteiger partial charge in [-0.05, 0) is 102 Å². The standard InChI is InChI=1S/C41H30N2O2/c1-27-9-7-15-39(35(27)25-42)44-31-21-17-29(18-22-31)41(37-13-5-3-11-33(37)34-12-4-6-14-38(34)41)30-19-23-32(24-20-30)45-40-16-8-10-28(2)36(40)26-43/h3-19,21-24,30H,20H2,1-2H3. The van der Waals surface area contributed by atoms with Gasteiger partial charge in [-0.25, -0.2) is 0 Å². The Morgan fingerprint density at radius 3 is 1.73 bits per heavy atom. The molecular formula is C41H30N2O2. The Labute approximate surface area is 263 Å². The molecule has 216 valence electrons. The molecule has 1 atom stereocenters. The van der Waals surface area contributed by atoms with E-state index in [4.69, 9.17) is 9.47 Å². The number of nitriles is 2. The fourth-order valence-corrected chi connectivity index (χ4v) is 6.97. The smallest absolute Gasteiger partial charge is 0.145 e. The minimum absolute atomic E-state index is 0.0938. The molecule has 5 aromatic carbocycles. The van der Waals surface area contributed by atoms with Crippen molar-refractivity contribution in [2.24, 2.45) is 5.92 Å². The van der Waals surface area contributed by atoms with Crippen molar-refractivity contribution in [3.8, 4) is 40.5 Å². The van der Waals surface area contributed by atoms with Crippen LogP contribution in [0, 0.1) is 42.4 Å². The maximum absolute atomic E-state index is 9.71. The van der Waals surface area contributed by atoms with Crippen molar-refractivity contribution in [2.45, 2.75) is 25.7 Å². The van der Waals surface area contributed by atoms with Crippen molar-refractivity contribution in [3.05, 3.63) is 172 Å². The normalized spacial score (nSPS) is 15.6. The van der Waals surface area contributed by atoms with Crippen LogP contribution in [0.3, 0.4) is 0 Å². The second-order valence-electron chi connectivity index (χ2n) is 11.6. The zero-order valence-corrected chi connectivity index (χ0v) is 25.1. The summed E-state index contributed by atoms with van der Waals surface area (Å²) < 4.78 is 12.5. The molecule has 0 aromatic heterocycles. The fraction of sp³-hybridized carbons (Fsp3) is 0.122. The number of ether oxygens (including phenoxy) is 2. The fourth-order valence-electron chi connectivity index (χ4n) is 6.97. The van der Waals surface area contributed by atoms with E-state index in [0.29, 0.717) is 28.4 Å². The van der Waals surface area contributed by atoms with Crippen molar-refractivity contribution in [3.63, 3.8) is 0 Å². The molecule has 0 spiro atoms. The molecule has 0 amide bonds. The molecule has 7 rings (SSSR count). The molecule has 2 aliphatic rings. The van der Waals surface area contributed by atoms with E-state index < -0.39 is 5.41 Å². The van der Waals surface area contributed by atoms with Crippen molar-refractivity contribution in [1.29, 1.82) is 10.5 Å². The SMILES string of the molecule is Cc1cccc(OC2=CCC(C3(c4ccc(Oc5cccc(C)c5C#N)cc4)c4ccccc4-c4ccccc43)C=C2)c1C#N. The van der Waals surface area contributed by atoms with E-state index in [1.165, 1.54) is 22.3 Å². The molecule has 1 unspecified atom stereocenters. The van der Waals surface area contributed by atoms with E-state index in [2.05, 4.69) is 85.0 Å². The largest absolute Gasteiger partial charge is 0.456 e. The molecule has 0 heterocycles. The summed E-state index contributed by atoms with van der Waals surface area (Å²) in [6, 6.07) is 41.6. The summed E-state index contributed by atoms with van der Waals surface area (Å²) in [6.45, 7) is 3.84. The van der Waals surface area contributed by atoms with E-state index in [1.807, 2.05) is 68.5 Å². The molecule has 0 saturated heterocycles. The zero-order valence-electron chi connectivity index (χ0n) is 25.1. The maximum atomic E-state index is 9.71. The summed E-state index contributed by atoms with van der Waals surface area (Å²) in [5.74, 6) is 2.63. The molecule has 0 N–H and O–H groups in total. The van der Waals surface area contributed by atoms with Crippen LogP contribution < -0.4 is 9.47 Å². The van der Waals surface area contributed by atoms with Crippen LogP contribution in [0.5, 0.6) is 17.2 Å². The number of benzene rings is 5. The molecule has 5 aromatic rings. The predicted octanol–water partition coefficient (Wildman–Crippen LogP) is 9.69. The summed E-state index contributed by atoms with van der Waals surface area (Å²) >= 11 is 0. The quantitative estimate of drug-likeness (QED) is 0.200. The first kappa shape index (κ1) is 28.0. The second-order valence-corrected chi connectivity index (χ2v) is 11.6.